The summed E-state index contributed by atoms with van der Waals surface area (Å²) in [4.78, 5) is 28.8. The Bertz CT molecular complexity index is 845. The van der Waals surface area contributed by atoms with Crippen LogP contribution in [0.5, 0.6) is 0 Å². The van der Waals surface area contributed by atoms with Crippen molar-refractivity contribution in [1.29, 1.82) is 0 Å². The highest BCUT2D eigenvalue weighted by molar-refractivity contribution is 7.92. The third kappa shape index (κ3) is 5.38. The van der Waals surface area contributed by atoms with Crippen LogP contribution in [0.4, 0.5) is 5.69 Å². The van der Waals surface area contributed by atoms with Gasteiger partial charge >= 0.3 is 0 Å². The van der Waals surface area contributed by atoms with E-state index in [0.717, 1.165) is 19.1 Å². The van der Waals surface area contributed by atoms with Crippen LogP contribution in [0.2, 0.25) is 5.02 Å². The lowest BCUT2D eigenvalue weighted by molar-refractivity contribution is -0.133. The monoisotopic (exact) mass is 427 g/mol. The summed E-state index contributed by atoms with van der Waals surface area (Å²) in [7, 11) is -3.50. The van der Waals surface area contributed by atoms with Gasteiger partial charge in [-0.25, -0.2) is 8.42 Å². The van der Waals surface area contributed by atoms with Crippen molar-refractivity contribution in [3.05, 3.63) is 28.8 Å². The zero-order valence-electron chi connectivity index (χ0n) is 16.0. The Morgan fingerprint density at radius 1 is 1.11 bits per heavy atom. The average molecular weight is 428 g/mol. The van der Waals surface area contributed by atoms with Gasteiger partial charge in [0.25, 0.3) is 5.91 Å². The Morgan fingerprint density at radius 3 is 2.32 bits per heavy atom. The summed E-state index contributed by atoms with van der Waals surface area (Å²) in [6, 6.07) is 4.53. The van der Waals surface area contributed by atoms with Crippen molar-refractivity contribution in [2.24, 2.45) is 5.92 Å². The standard InChI is InChI=1S/C19H26ClN3O4S/c1-28(26,27)21-17-13-15(6-7-16(17)20)19(25)23-10-8-22(9-11-23)18(24)12-14-4-2-3-5-14/h6-7,13-14,21H,2-5,8-12H2,1H3. The van der Waals surface area contributed by atoms with E-state index in [1.54, 1.807) is 11.0 Å². The number of nitrogens with one attached hydrogen (secondary N) is 1. The van der Waals surface area contributed by atoms with E-state index in [1.165, 1.54) is 25.0 Å². The molecule has 154 valence electrons. The number of rotatable bonds is 5. The molecular weight excluding hydrogens is 402 g/mol. The number of sulfonamides is 1. The second kappa shape index (κ2) is 8.69. The minimum absolute atomic E-state index is 0.181. The maximum absolute atomic E-state index is 12.8. The van der Waals surface area contributed by atoms with Crippen molar-refractivity contribution in [2.45, 2.75) is 32.1 Å². The van der Waals surface area contributed by atoms with E-state index in [9.17, 15) is 18.0 Å². The summed E-state index contributed by atoms with van der Waals surface area (Å²) in [5, 5.41) is 0.226. The molecule has 0 aromatic heterocycles. The van der Waals surface area contributed by atoms with Gasteiger partial charge in [0.2, 0.25) is 15.9 Å². The molecule has 1 aromatic rings. The molecule has 2 fully saturated rings. The van der Waals surface area contributed by atoms with E-state index in [0.29, 0.717) is 44.1 Å². The maximum atomic E-state index is 12.8. The van der Waals surface area contributed by atoms with Crippen molar-refractivity contribution in [3.63, 3.8) is 0 Å². The normalized spacial score (nSPS) is 18.4. The predicted octanol–water partition coefficient (Wildman–Crippen LogP) is 2.58. The van der Waals surface area contributed by atoms with Gasteiger partial charge in [0, 0.05) is 38.2 Å². The molecule has 1 heterocycles. The molecule has 0 spiro atoms. The fourth-order valence-corrected chi connectivity index (χ4v) is 4.66. The lowest BCUT2D eigenvalue weighted by Gasteiger charge is -2.35. The summed E-state index contributed by atoms with van der Waals surface area (Å²) in [6.07, 6.45) is 6.37. The molecule has 28 heavy (non-hydrogen) atoms. The van der Waals surface area contributed by atoms with Crippen molar-refractivity contribution in [1.82, 2.24) is 9.80 Å². The third-order valence-corrected chi connectivity index (χ3v) is 6.29. The van der Waals surface area contributed by atoms with E-state index >= 15 is 0 Å². The van der Waals surface area contributed by atoms with Gasteiger partial charge in [-0.15, -0.1) is 0 Å². The molecule has 2 aliphatic rings. The fraction of sp³-hybridized carbons (Fsp3) is 0.579. The van der Waals surface area contributed by atoms with Crippen molar-refractivity contribution in [3.8, 4) is 0 Å². The Hall–Kier alpha value is -1.80. The number of hydrogen-bond acceptors (Lipinski definition) is 4. The molecule has 1 saturated heterocycles. The van der Waals surface area contributed by atoms with E-state index < -0.39 is 10.0 Å². The molecule has 0 unspecified atom stereocenters. The van der Waals surface area contributed by atoms with E-state index in [2.05, 4.69) is 4.72 Å². The Morgan fingerprint density at radius 2 is 1.71 bits per heavy atom. The topological polar surface area (TPSA) is 86.8 Å². The van der Waals surface area contributed by atoms with Gasteiger partial charge in [-0.05, 0) is 37.0 Å². The molecular formula is C19H26ClN3O4S. The second-order valence-electron chi connectivity index (χ2n) is 7.60. The number of carbonyl (C=O) groups is 2. The third-order valence-electron chi connectivity index (χ3n) is 5.37. The van der Waals surface area contributed by atoms with Crippen LogP contribution < -0.4 is 4.72 Å². The molecule has 1 aliphatic carbocycles. The molecule has 0 bridgehead atoms. The van der Waals surface area contributed by atoms with Crippen LogP contribution in [0, 0.1) is 5.92 Å². The summed E-state index contributed by atoms with van der Waals surface area (Å²) in [5.74, 6) is 0.503. The molecule has 1 aliphatic heterocycles. The summed E-state index contributed by atoms with van der Waals surface area (Å²) < 4.78 is 25.2. The number of anilines is 1. The number of benzene rings is 1. The minimum Gasteiger partial charge on any atom is -0.339 e. The summed E-state index contributed by atoms with van der Waals surface area (Å²) in [6.45, 7) is 1.98. The smallest absolute Gasteiger partial charge is 0.254 e. The lowest BCUT2D eigenvalue weighted by Crippen LogP contribution is -2.50. The molecule has 1 saturated carbocycles. The highest BCUT2D eigenvalue weighted by Crippen LogP contribution is 2.28. The Kier molecular flexibility index (Phi) is 6.50. The van der Waals surface area contributed by atoms with E-state index in [1.807, 2.05) is 4.90 Å². The molecule has 7 nitrogen and oxygen atoms in total. The molecule has 0 radical (unpaired) electrons. The predicted molar refractivity (Wildman–Crippen MR) is 109 cm³/mol. The van der Waals surface area contributed by atoms with Gasteiger partial charge in [0.15, 0.2) is 0 Å². The van der Waals surface area contributed by atoms with Crippen LogP contribution in [-0.4, -0.2) is 62.5 Å². The SMILES string of the molecule is CS(=O)(=O)Nc1cc(C(=O)N2CCN(C(=O)CC3CCCC3)CC2)ccc1Cl. The zero-order valence-corrected chi connectivity index (χ0v) is 17.6. The number of halogens is 1. The number of hydrogen-bond donors (Lipinski definition) is 1. The van der Waals surface area contributed by atoms with Crippen LogP contribution >= 0.6 is 11.6 Å². The molecule has 0 atom stereocenters. The van der Waals surface area contributed by atoms with E-state index in [-0.39, 0.29) is 22.5 Å². The Balaban J connectivity index is 1.59. The summed E-state index contributed by atoms with van der Waals surface area (Å²) >= 11 is 6.02. The first-order valence-corrected chi connectivity index (χ1v) is 11.8. The molecule has 1 N–H and O–H groups in total. The number of piperazine rings is 1. The van der Waals surface area contributed by atoms with Crippen LogP contribution in [0.1, 0.15) is 42.5 Å². The first-order chi connectivity index (χ1) is 13.2. The fourth-order valence-electron chi connectivity index (χ4n) is 3.87. The van der Waals surface area contributed by atoms with Gasteiger partial charge in [-0.1, -0.05) is 24.4 Å². The first-order valence-electron chi connectivity index (χ1n) is 9.57. The molecule has 3 rings (SSSR count). The van der Waals surface area contributed by atoms with Gasteiger partial charge in [-0.3, -0.25) is 14.3 Å². The highest BCUT2D eigenvalue weighted by atomic mass is 35.5. The second-order valence-corrected chi connectivity index (χ2v) is 9.75. The number of amides is 2. The molecule has 1 aromatic carbocycles. The van der Waals surface area contributed by atoms with Crippen LogP contribution in [0.3, 0.4) is 0 Å². The Labute approximate surface area is 171 Å². The first kappa shape index (κ1) is 20.9. The van der Waals surface area contributed by atoms with Gasteiger partial charge < -0.3 is 9.80 Å². The average Bonchev–Trinajstić information content (AvgIpc) is 3.15. The maximum Gasteiger partial charge on any atom is 0.254 e. The van der Waals surface area contributed by atoms with Gasteiger partial charge in [-0.2, -0.15) is 0 Å². The van der Waals surface area contributed by atoms with Crippen molar-refractivity contribution >= 4 is 39.1 Å². The minimum atomic E-state index is -3.50. The van der Waals surface area contributed by atoms with Crippen LogP contribution in [0.15, 0.2) is 18.2 Å². The highest BCUT2D eigenvalue weighted by Gasteiger charge is 2.27. The zero-order chi connectivity index (χ0) is 20.3. The van der Waals surface area contributed by atoms with Gasteiger partial charge in [0.1, 0.15) is 0 Å². The quantitative estimate of drug-likeness (QED) is 0.782. The van der Waals surface area contributed by atoms with Crippen molar-refractivity contribution in [2.75, 3.05) is 37.2 Å². The van der Waals surface area contributed by atoms with Crippen LogP contribution in [-0.2, 0) is 14.8 Å². The summed E-state index contributed by atoms with van der Waals surface area (Å²) in [5.41, 5.74) is 0.543. The molecule has 9 heteroatoms. The lowest BCUT2D eigenvalue weighted by atomic mass is 10.0. The van der Waals surface area contributed by atoms with E-state index in [4.69, 9.17) is 11.6 Å². The molecule has 2 amide bonds. The van der Waals surface area contributed by atoms with Crippen LogP contribution in [0.25, 0.3) is 0 Å². The number of nitrogens with zero attached hydrogens (tertiary/aromatic N) is 2. The van der Waals surface area contributed by atoms with Gasteiger partial charge in [0.05, 0.1) is 17.0 Å². The number of carbonyl (C=O) groups excluding carboxylic acids is 2. The van der Waals surface area contributed by atoms with Crippen molar-refractivity contribution < 1.29 is 18.0 Å². The largest absolute Gasteiger partial charge is 0.339 e.